The van der Waals surface area contributed by atoms with E-state index in [-0.39, 0.29) is 147 Å². The number of aliphatic hydroxyl groups is 1. The first-order valence-corrected chi connectivity index (χ1v) is 26.2. The van der Waals surface area contributed by atoms with Crippen molar-refractivity contribution in [3.8, 4) is 34.6 Å². The molecule has 9 heterocycles. The molecule has 0 saturated carbocycles. The third-order valence-corrected chi connectivity index (χ3v) is 17.0. The van der Waals surface area contributed by atoms with Gasteiger partial charge in [-0.2, -0.15) is 15.2 Å². The summed E-state index contributed by atoms with van der Waals surface area (Å²) >= 11 is 7.78. The molecule has 3 saturated heterocycles. The highest BCUT2D eigenvalue weighted by molar-refractivity contribution is 7.23. The van der Waals surface area contributed by atoms with Gasteiger partial charge in [0, 0.05) is 83.6 Å². The van der Waals surface area contributed by atoms with Crippen molar-refractivity contribution in [2.45, 2.75) is 63.1 Å². The van der Waals surface area contributed by atoms with Gasteiger partial charge in [-0.25, -0.2) is 27.3 Å². The SMILES string of the molecule is C=C(COC(=O)Nc1cc2cc3c(nc2cc1F)-c1cc2c(c(=O)n1C3)COC[C@]2(O)CC)C(=O)N1CCN(c2nc(OC[C@@]34CCCN3C[C@H](F)C4)nc3c(F)c(-c4ccc(F)c5sc(N)c(C#N)c45)c(Cl)cc23)CC1. The van der Waals surface area contributed by atoms with E-state index in [0.29, 0.717) is 52.9 Å². The number of aromatic nitrogens is 4. The summed E-state index contributed by atoms with van der Waals surface area (Å²) in [5.41, 5.74) is 6.18. The summed E-state index contributed by atoms with van der Waals surface area (Å²) < 4.78 is 81.6. The van der Waals surface area contributed by atoms with Crippen LogP contribution >= 0.6 is 22.9 Å². The minimum atomic E-state index is -1.34. The molecule has 3 atom stereocenters. The molecule has 7 aromatic rings. The second-order valence-corrected chi connectivity index (χ2v) is 21.6. The molecule has 0 aliphatic carbocycles. The Labute approximate surface area is 445 Å². The van der Waals surface area contributed by atoms with Crippen molar-refractivity contribution in [3.05, 3.63) is 110 Å². The van der Waals surface area contributed by atoms with Crippen LogP contribution in [0.5, 0.6) is 6.01 Å². The van der Waals surface area contributed by atoms with Gasteiger partial charge in [0.1, 0.15) is 59.0 Å². The fourth-order valence-electron chi connectivity index (χ4n) is 11.7. The highest BCUT2D eigenvalue weighted by Crippen LogP contribution is 2.47. The van der Waals surface area contributed by atoms with Crippen molar-refractivity contribution in [2.75, 3.05) is 75.0 Å². The zero-order chi connectivity index (χ0) is 53.8. The largest absolute Gasteiger partial charge is 0.461 e. The lowest BCUT2D eigenvalue weighted by Gasteiger charge is -2.36. The van der Waals surface area contributed by atoms with Crippen LogP contribution in [0.1, 0.15) is 54.9 Å². The number of alkyl halides is 1. The molecule has 77 heavy (non-hydrogen) atoms. The van der Waals surface area contributed by atoms with E-state index in [0.717, 1.165) is 29.9 Å². The van der Waals surface area contributed by atoms with Crippen LogP contribution in [-0.4, -0.2) is 117 Å². The number of nitrogens with zero attached hydrogens (tertiary/aromatic N) is 8. The zero-order valence-corrected chi connectivity index (χ0v) is 42.9. The van der Waals surface area contributed by atoms with Gasteiger partial charge in [-0.1, -0.05) is 31.2 Å². The van der Waals surface area contributed by atoms with Gasteiger partial charge in [-0.05, 0) is 67.3 Å². The quantitative estimate of drug-likeness (QED) is 0.0868. The van der Waals surface area contributed by atoms with E-state index in [2.05, 4.69) is 21.8 Å². The maximum Gasteiger partial charge on any atom is 0.412 e. The van der Waals surface area contributed by atoms with Crippen LogP contribution in [0.2, 0.25) is 5.02 Å². The summed E-state index contributed by atoms with van der Waals surface area (Å²) in [7, 11) is 0. The normalized spacial score (nSPS) is 20.8. The maximum absolute atomic E-state index is 17.3. The molecule has 12 rings (SSSR count). The van der Waals surface area contributed by atoms with Gasteiger partial charge in [0.25, 0.3) is 11.5 Å². The van der Waals surface area contributed by atoms with E-state index < -0.39 is 53.4 Å². The number of ether oxygens (including phenoxy) is 3. The van der Waals surface area contributed by atoms with Gasteiger partial charge in [-0.15, -0.1) is 11.3 Å². The molecule has 5 aliphatic rings. The van der Waals surface area contributed by atoms with E-state index in [1.807, 2.05) is 17.9 Å². The fourth-order valence-corrected chi connectivity index (χ4v) is 13.0. The molecular weight excluding hydrogens is 1040 g/mol. The summed E-state index contributed by atoms with van der Waals surface area (Å²) in [6.45, 7) is 7.07. The number of nitrogen functional groups attached to an aromatic ring is 1. The molecule has 17 nitrogen and oxygen atoms in total. The molecule has 23 heteroatoms. The van der Waals surface area contributed by atoms with Gasteiger partial charge in [0.2, 0.25) is 0 Å². The van der Waals surface area contributed by atoms with Crippen molar-refractivity contribution in [3.63, 3.8) is 0 Å². The first-order chi connectivity index (χ1) is 37.0. The van der Waals surface area contributed by atoms with Crippen LogP contribution in [0.15, 0.2) is 59.4 Å². The number of halogens is 5. The number of benzene rings is 3. The Balaban J connectivity index is 0.746. The van der Waals surface area contributed by atoms with E-state index in [1.165, 1.54) is 23.1 Å². The Kier molecular flexibility index (Phi) is 12.4. The van der Waals surface area contributed by atoms with Crippen molar-refractivity contribution >= 4 is 83.3 Å². The fraction of sp³-hybridized carbons (Fsp3) is 0.352. The highest BCUT2D eigenvalue weighted by Gasteiger charge is 2.49. The average Bonchev–Trinajstić information content (AvgIpc) is 4.36. The number of fused-ring (bicyclic) bond motifs is 8. The topological polar surface area (TPSA) is 214 Å². The Morgan fingerprint density at radius 2 is 1.90 bits per heavy atom. The van der Waals surface area contributed by atoms with Crippen LogP contribution in [0.3, 0.4) is 0 Å². The first kappa shape index (κ1) is 50.4. The van der Waals surface area contributed by atoms with Crippen LogP contribution < -0.4 is 26.2 Å². The van der Waals surface area contributed by atoms with Gasteiger partial charge in [-0.3, -0.25) is 19.8 Å². The molecule has 396 valence electrons. The number of nitriles is 1. The number of nitrogens with one attached hydrogen (secondary N) is 1. The van der Waals surface area contributed by atoms with Crippen molar-refractivity contribution in [1.29, 1.82) is 5.26 Å². The van der Waals surface area contributed by atoms with E-state index in [4.69, 9.17) is 41.5 Å². The van der Waals surface area contributed by atoms with E-state index in [1.54, 1.807) is 16.7 Å². The molecule has 0 bridgehead atoms. The van der Waals surface area contributed by atoms with Gasteiger partial charge < -0.3 is 39.4 Å². The molecular formula is C54H47ClF4N10O7S. The molecule has 4 aromatic heterocycles. The lowest BCUT2D eigenvalue weighted by atomic mass is 9.86. The lowest BCUT2D eigenvalue weighted by Crippen LogP contribution is -2.49. The Bertz CT molecular complexity index is 3830. The summed E-state index contributed by atoms with van der Waals surface area (Å²) in [5, 5.41) is 24.4. The number of nitrogens with two attached hydrogens (primary N) is 1. The zero-order valence-electron chi connectivity index (χ0n) is 41.3. The van der Waals surface area contributed by atoms with Crippen molar-refractivity contribution < 1.29 is 46.5 Å². The number of hydrogen-bond donors (Lipinski definition) is 3. The number of carbonyl (C=O) groups is 2. The van der Waals surface area contributed by atoms with Gasteiger partial charge in [0.15, 0.2) is 5.82 Å². The molecule has 0 unspecified atom stereocenters. The van der Waals surface area contributed by atoms with Crippen LogP contribution in [0.4, 0.5) is 38.9 Å². The number of hydrogen-bond acceptors (Lipinski definition) is 15. The second kappa shape index (κ2) is 18.9. The molecule has 0 spiro atoms. The van der Waals surface area contributed by atoms with E-state index in [9.17, 15) is 29.1 Å². The maximum atomic E-state index is 17.3. The van der Waals surface area contributed by atoms with Crippen molar-refractivity contribution in [1.82, 2.24) is 29.3 Å². The summed E-state index contributed by atoms with van der Waals surface area (Å²) in [4.78, 5) is 59.8. The molecule has 5 aliphatic heterocycles. The first-order valence-electron chi connectivity index (χ1n) is 25.0. The Hall–Kier alpha value is -7.42. The predicted molar refractivity (Wildman–Crippen MR) is 280 cm³/mol. The second-order valence-electron chi connectivity index (χ2n) is 20.2. The number of anilines is 3. The van der Waals surface area contributed by atoms with Crippen LogP contribution in [0, 0.1) is 28.8 Å². The lowest BCUT2D eigenvalue weighted by molar-refractivity contribution is -0.127. The van der Waals surface area contributed by atoms with Gasteiger partial charge in [0.05, 0.1) is 63.2 Å². The summed E-state index contributed by atoms with van der Waals surface area (Å²) in [5.74, 6) is -2.63. The minimum absolute atomic E-state index is 0.0228. The number of carbonyl (C=O) groups excluding carboxylic acids is 2. The molecule has 3 fully saturated rings. The number of thiophene rings is 1. The Morgan fingerprint density at radius 1 is 1.09 bits per heavy atom. The summed E-state index contributed by atoms with van der Waals surface area (Å²) in [6.07, 6.45) is 0.0614. The number of amides is 2. The average molecular weight is 1090 g/mol. The Morgan fingerprint density at radius 3 is 2.68 bits per heavy atom. The predicted octanol–water partition coefficient (Wildman–Crippen LogP) is 8.31. The molecule has 0 radical (unpaired) electrons. The third kappa shape index (κ3) is 8.37. The number of piperazine rings is 1. The molecule has 4 N–H and O–H groups in total. The minimum Gasteiger partial charge on any atom is -0.461 e. The summed E-state index contributed by atoms with van der Waals surface area (Å²) in [6, 6.07) is 11.9. The number of rotatable bonds is 10. The van der Waals surface area contributed by atoms with Crippen molar-refractivity contribution in [2.24, 2.45) is 0 Å². The van der Waals surface area contributed by atoms with Gasteiger partial charge >= 0.3 is 12.1 Å². The van der Waals surface area contributed by atoms with Crippen LogP contribution in [-0.2, 0) is 33.0 Å². The smallest absolute Gasteiger partial charge is 0.412 e. The highest BCUT2D eigenvalue weighted by atomic mass is 35.5. The number of pyridine rings is 2. The van der Waals surface area contributed by atoms with Crippen LogP contribution in [0.25, 0.3) is 54.4 Å². The third-order valence-electron chi connectivity index (χ3n) is 15.7. The standard InChI is InChI=1S/C54H47ClF4N10O7S/c1-3-54(73)25-74-23-33-34(54)16-40-44-28(20-69(40)50(33)71)13-27-14-39(37(58)17-38(27)62-44)63-52(72)75-22-26(2)49(70)67-11-9-66(10-12-67)48-31-15-35(55)42(30-5-6-36(57)46-41(30)32(19-60)47(61)77-46)43(59)45(31)64-51(65-48)76-24-53-7-4-8-68(53)21-29(56)18-53/h5-6,13-17,29,73H,2-4,7-12,18,20-25,61H2,1H3,(H,63,72)/t29-,53+,54-/m1/s1. The van der Waals surface area contributed by atoms with E-state index >= 15 is 13.2 Å². The molecule has 2 amide bonds. The molecule has 3 aromatic carbocycles. The monoisotopic (exact) mass is 1090 g/mol.